The molecule has 1 aromatic rings. The van der Waals surface area contributed by atoms with E-state index in [4.69, 9.17) is 9.84 Å². The Balaban J connectivity index is 2.79. The van der Waals surface area contributed by atoms with E-state index in [-0.39, 0.29) is 0 Å². The second kappa shape index (κ2) is 4.72. The van der Waals surface area contributed by atoms with E-state index in [0.29, 0.717) is 18.9 Å². The Kier molecular flexibility index (Phi) is 3.82. The van der Waals surface area contributed by atoms with Crippen LogP contribution in [0.2, 0.25) is 0 Å². The minimum absolute atomic E-state index is 0.455. The molecule has 0 fully saturated rings. The fraction of sp³-hybridized carbons (Fsp3) is 0.600. The summed E-state index contributed by atoms with van der Waals surface area (Å²) in [5.74, 6) is -0.865. The summed E-state index contributed by atoms with van der Waals surface area (Å²) in [5, 5.41) is 11.6. The Hall–Kier alpha value is -0.940. The van der Waals surface area contributed by atoms with Crippen LogP contribution in [0.3, 0.4) is 0 Å². The maximum Gasteiger partial charge on any atom is 0.315 e. The highest BCUT2D eigenvalue weighted by atomic mass is 32.1. The van der Waals surface area contributed by atoms with Crippen molar-refractivity contribution in [1.29, 1.82) is 0 Å². The van der Waals surface area contributed by atoms with Gasteiger partial charge in [-0.2, -0.15) is 0 Å². The zero-order chi connectivity index (χ0) is 11.5. The van der Waals surface area contributed by atoms with E-state index in [1.165, 1.54) is 11.3 Å². The Morgan fingerprint density at radius 2 is 2.33 bits per heavy atom. The largest absolute Gasteiger partial charge is 0.481 e. The zero-order valence-electron chi connectivity index (χ0n) is 9.11. The highest BCUT2D eigenvalue weighted by Crippen LogP contribution is 2.25. The number of rotatable bonds is 5. The number of carboxylic acid groups (broad SMARTS) is 1. The van der Waals surface area contributed by atoms with Crippen molar-refractivity contribution in [2.45, 2.75) is 32.8 Å². The van der Waals surface area contributed by atoms with Crippen molar-refractivity contribution in [2.24, 2.45) is 0 Å². The van der Waals surface area contributed by atoms with Crippen molar-refractivity contribution in [1.82, 2.24) is 4.98 Å². The summed E-state index contributed by atoms with van der Waals surface area (Å²) in [6.07, 6.45) is 0. The monoisotopic (exact) mass is 229 g/mol. The molecule has 0 atom stereocenters. The molecule has 1 N–H and O–H groups in total. The summed E-state index contributed by atoms with van der Waals surface area (Å²) in [7, 11) is 0. The molecule has 0 saturated heterocycles. The average molecular weight is 229 g/mol. The van der Waals surface area contributed by atoms with Gasteiger partial charge >= 0.3 is 5.97 Å². The highest BCUT2D eigenvalue weighted by Gasteiger charge is 2.31. The van der Waals surface area contributed by atoms with Gasteiger partial charge in [0.2, 0.25) is 0 Å². The molecule has 0 aromatic carbocycles. The van der Waals surface area contributed by atoms with Crippen LogP contribution in [0.25, 0.3) is 0 Å². The third-order valence-corrected chi connectivity index (χ3v) is 2.98. The molecule has 0 bridgehead atoms. The number of hydrogen-bond donors (Lipinski definition) is 1. The molecule has 1 aromatic heterocycles. The average Bonchev–Trinajstić information content (AvgIpc) is 2.63. The lowest BCUT2D eigenvalue weighted by Crippen LogP contribution is -2.28. The predicted octanol–water partition coefficient (Wildman–Crippen LogP) is 2.04. The van der Waals surface area contributed by atoms with E-state index in [1.54, 1.807) is 19.2 Å². The van der Waals surface area contributed by atoms with Crippen LogP contribution in [0.4, 0.5) is 0 Å². The van der Waals surface area contributed by atoms with Gasteiger partial charge in [0.25, 0.3) is 0 Å². The molecule has 1 rings (SSSR count). The van der Waals surface area contributed by atoms with Crippen molar-refractivity contribution < 1.29 is 14.6 Å². The summed E-state index contributed by atoms with van der Waals surface area (Å²) < 4.78 is 5.21. The topological polar surface area (TPSA) is 59.4 Å². The van der Waals surface area contributed by atoms with E-state index in [2.05, 4.69) is 4.98 Å². The van der Waals surface area contributed by atoms with Crippen LogP contribution in [-0.2, 0) is 21.6 Å². The van der Waals surface area contributed by atoms with Gasteiger partial charge in [-0.25, -0.2) is 4.98 Å². The molecule has 0 aliphatic carbocycles. The maximum absolute atomic E-state index is 11.0. The molecule has 1 heterocycles. The number of aromatic nitrogens is 1. The van der Waals surface area contributed by atoms with Crippen LogP contribution in [0, 0.1) is 0 Å². The quantitative estimate of drug-likeness (QED) is 0.839. The van der Waals surface area contributed by atoms with Gasteiger partial charge in [0.15, 0.2) is 0 Å². The minimum Gasteiger partial charge on any atom is -0.481 e. The molecule has 0 amide bonds. The first-order valence-corrected chi connectivity index (χ1v) is 5.62. The Morgan fingerprint density at radius 3 is 2.87 bits per heavy atom. The first-order valence-electron chi connectivity index (χ1n) is 4.74. The van der Waals surface area contributed by atoms with Gasteiger partial charge in [-0.1, -0.05) is 0 Å². The van der Waals surface area contributed by atoms with Crippen LogP contribution < -0.4 is 0 Å². The number of nitrogens with zero attached hydrogens (tertiary/aromatic N) is 1. The summed E-state index contributed by atoms with van der Waals surface area (Å²) >= 11 is 1.43. The van der Waals surface area contributed by atoms with Gasteiger partial charge in [-0.05, 0) is 20.8 Å². The normalized spacial score (nSPS) is 11.7. The van der Waals surface area contributed by atoms with Crippen molar-refractivity contribution in [3.63, 3.8) is 0 Å². The molecule has 0 radical (unpaired) electrons. The Bertz CT molecular complexity index is 346. The van der Waals surface area contributed by atoms with E-state index < -0.39 is 11.4 Å². The lowest BCUT2D eigenvalue weighted by Gasteiger charge is -2.15. The third-order valence-electron chi connectivity index (χ3n) is 2.16. The van der Waals surface area contributed by atoms with Gasteiger partial charge in [0.05, 0.1) is 12.3 Å². The van der Waals surface area contributed by atoms with Crippen LogP contribution >= 0.6 is 11.3 Å². The number of ether oxygens (including phenoxy) is 1. The highest BCUT2D eigenvalue weighted by molar-refractivity contribution is 7.09. The van der Waals surface area contributed by atoms with Crippen molar-refractivity contribution in [3.05, 3.63) is 16.1 Å². The fourth-order valence-corrected chi connectivity index (χ4v) is 1.86. The predicted molar refractivity (Wildman–Crippen MR) is 58.1 cm³/mol. The number of hydrogen-bond acceptors (Lipinski definition) is 4. The second-order valence-electron chi connectivity index (χ2n) is 3.69. The van der Waals surface area contributed by atoms with Gasteiger partial charge in [-0.15, -0.1) is 11.3 Å². The van der Waals surface area contributed by atoms with Crippen LogP contribution in [-0.4, -0.2) is 22.7 Å². The molecule has 15 heavy (non-hydrogen) atoms. The van der Waals surface area contributed by atoms with E-state index >= 15 is 0 Å². The summed E-state index contributed by atoms with van der Waals surface area (Å²) in [6.45, 7) is 6.30. The Labute approximate surface area is 92.9 Å². The second-order valence-corrected chi connectivity index (χ2v) is 4.64. The molecule has 0 spiro atoms. The SMILES string of the molecule is CCOCc1nc(C(C)(C)C(=O)O)cs1. The van der Waals surface area contributed by atoms with Crippen LogP contribution in [0.15, 0.2) is 5.38 Å². The number of carbonyl (C=O) groups is 1. The standard InChI is InChI=1S/C10H15NO3S/c1-4-14-5-8-11-7(6-15-8)10(2,3)9(12)13/h6H,4-5H2,1-3H3,(H,12,13). The van der Waals surface area contributed by atoms with Crippen molar-refractivity contribution in [3.8, 4) is 0 Å². The number of carboxylic acids is 1. The summed E-state index contributed by atoms with van der Waals surface area (Å²) in [4.78, 5) is 15.2. The number of aliphatic carboxylic acids is 1. The van der Waals surface area contributed by atoms with E-state index in [0.717, 1.165) is 5.01 Å². The molecule has 0 aliphatic heterocycles. The van der Waals surface area contributed by atoms with E-state index in [1.807, 2.05) is 6.92 Å². The molecular formula is C10H15NO3S. The minimum atomic E-state index is -0.930. The van der Waals surface area contributed by atoms with Crippen LogP contribution in [0.5, 0.6) is 0 Å². The van der Waals surface area contributed by atoms with Gasteiger partial charge in [0, 0.05) is 12.0 Å². The maximum atomic E-state index is 11.0. The molecule has 5 heteroatoms. The Morgan fingerprint density at radius 1 is 1.67 bits per heavy atom. The molecule has 0 aliphatic rings. The van der Waals surface area contributed by atoms with E-state index in [9.17, 15) is 4.79 Å². The zero-order valence-corrected chi connectivity index (χ0v) is 9.93. The molecule has 4 nitrogen and oxygen atoms in total. The third kappa shape index (κ3) is 2.76. The van der Waals surface area contributed by atoms with Crippen LogP contribution in [0.1, 0.15) is 31.5 Å². The lowest BCUT2D eigenvalue weighted by molar-refractivity contribution is -0.142. The molecular weight excluding hydrogens is 214 g/mol. The fourth-order valence-electron chi connectivity index (χ4n) is 0.963. The first-order chi connectivity index (χ1) is 6.98. The first kappa shape index (κ1) is 12.1. The molecule has 0 saturated carbocycles. The molecule has 84 valence electrons. The van der Waals surface area contributed by atoms with Crippen molar-refractivity contribution in [2.75, 3.05) is 6.61 Å². The van der Waals surface area contributed by atoms with Gasteiger partial charge in [-0.3, -0.25) is 4.79 Å². The number of thiazole rings is 1. The molecule has 0 unspecified atom stereocenters. The summed E-state index contributed by atoms with van der Waals surface area (Å²) in [6, 6.07) is 0. The lowest BCUT2D eigenvalue weighted by atomic mass is 9.90. The summed E-state index contributed by atoms with van der Waals surface area (Å²) in [5.41, 5.74) is -0.337. The van der Waals surface area contributed by atoms with Gasteiger partial charge < -0.3 is 9.84 Å². The smallest absolute Gasteiger partial charge is 0.315 e. The van der Waals surface area contributed by atoms with Crippen molar-refractivity contribution >= 4 is 17.3 Å². The van der Waals surface area contributed by atoms with Gasteiger partial charge in [0.1, 0.15) is 10.4 Å².